The molecule has 1 aliphatic rings. The number of hydrogen-bond acceptors (Lipinski definition) is 3. The average molecular weight is 523 g/mol. The van der Waals surface area contributed by atoms with Crippen LogP contribution in [-0.2, 0) is 9.53 Å². The summed E-state index contributed by atoms with van der Waals surface area (Å²) in [5, 5.41) is 6.73. The highest BCUT2D eigenvalue weighted by molar-refractivity contribution is 14.0. The molecule has 28 heavy (non-hydrogen) atoms. The summed E-state index contributed by atoms with van der Waals surface area (Å²) in [6.07, 6.45) is 2.67. The lowest BCUT2D eigenvalue weighted by Crippen LogP contribution is -2.47. The number of halogens is 2. The molecule has 2 N–H and O–H groups in total. The number of anilines is 1. The Labute approximate surface area is 190 Å². The van der Waals surface area contributed by atoms with E-state index >= 15 is 0 Å². The molecule has 0 bridgehead atoms. The van der Waals surface area contributed by atoms with E-state index in [4.69, 9.17) is 16.3 Å². The first-order chi connectivity index (χ1) is 13.0. The molecule has 0 saturated carbocycles. The van der Waals surface area contributed by atoms with E-state index in [0.29, 0.717) is 29.8 Å². The number of guanidine groups is 1. The van der Waals surface area contributed by atoms with Crippen LogP contribution in [0.25, 0.3) is 0 Å². The van der Waals surface area contributed by atoms with Crippen LogP contribution < -0.4 is 10.6 Å². The van der Waals surface area contributed by atoms with Crippen LogP contribution in [0.3, 0.4) is 0 Å². The molecular weight excluding hydrogens is 491 g/mol. The first-order valence-electron chi connectivity index (χ1n) is 9.74. The number of carbonyl (C=O) groups excluding carboxylic acids is 1. The Balaban J connectivity index is 0.00000392. The number of amides is 1. The molecule has 0 aromatic heterocycles. The molecule has 1 amide bonds. The Bertz CT molecular complexity index is 649. The zero-order chi connectivity index (χ0) is 19.6. The van der Waals surface area contributed by atoms with E-state index < -0.39 is 0 Å². The molecule has 1 heterocycles. The monoisotopic (exact) mass is 522 g/mol. The highest BCUT2D eigenvalue weighted by atomic mass is 127. The number of hydrogen-bond donors (Lipinski definition) is 2. The van der Waals surface area contributed by atoms with Gasteiger partial charge in [0.05, 0.1) is 23.4 Å². The fourth-order valence-electron chi connectivity index (χ4n) is 3.09. The van der Waals surface area contributed by atoms with Gasteiger partial charge < -0.3 is 20.3 Å². The van der Waals surface area contributed by atoms with Gasteiger partial charge in [0.2, 0.25) is 5.91 Å². The van der Waals surface area contributed by atoms with Gasteiger partial charge in [-0.25, -0.2) is 0 Å². The van der Waals surface area contributed by atoms with Crippen LogP contribution in [0.5, 0.6) is 0 Å². The van der Waals surface area contributed by atoms with Crippen LogP contribution in [0.1, 0.15) is 38.7 Å². The minimum atomic E-state index is -0.0876. The van der Waals surface area contributed by atoms with Crippen LogP contribution in [0.4, 0.5) is 5.69 Å². The molecule has 0 atom stereocenters. The maximum absolute atomic E-state index is 12.2. The smallest absolute Gasteiger partial charge is 0.226 e. The highest BCUT2D eigenvalue weighted by Crippen LogP contribution is 2.22. The van der Waals surface area contributed by atoms with E-state index in [1.54, 1.807) is 0 Å². The third-order valence-corrected chi connectivity index (χ3v) is 4.79. The fraction of sp³-hybridized carbons (Fsp3) is 0.600. The third-order valence-electron chi connectivity index (χ3n) is 4.48. The second-order valence-electron chi connectivity index (χ2n) is 6.66. The molecule has 0 aliphatic carbocycles. The summed E-state index contributed by atoms with van der Waals surface area (Å²) in [5.41, 5.74) is 1.70. The standard InChI is InChI=1S/C20H31ClN4O2.HI/c1-4-22-20(25-12-9-16(10-13-25)27-5-2)23-11-8-19(26)24-18-7-6-15(3)14-17(18)21;/h6-7,14,16H,4-5,8-13H2,1-3H3,(H,22,23)(H,24,26);1H. The minimum Gasteiger partial charge on any atom is -0.378 e. The number of nitrogens with one attached hydrogen (secondary N) is 2. The number of benzene rings is 1. The molecule has 158 valence electrons. The van der Waals surface area contributed by atoms with E-state index in [1.165, 1.54) is 0 Å². The third kappa shape index (κ3) is 8.13. The molecular formula is C20H32ClIN4O2. The van der Waals surface area contributed by atoms with Gasteiger partial charge in [0.15, 0.2) is 5.96 Å². The van der Waals surface area contributed by atoms with Crippen molar-refractivity contribution < 1.29 is 9.53 Å². The van der Waals surface area contributed by atoms with Gasteiger partial charge in [-0.2, -0.15) is 0 Å². The number of carbonyl (C=O) groups is 1. The fourth-order valence-corrected chi connectivity index (χ4v) is 3.38. The molecule has 6 nitrogen and oxygen atoms in total. The molecule has 2 rings (SSSR count). The topological polar surface area (TPSA) is 66.0 Å². The van der Waals surface area contributed by atoms with Crippen molar-refractivity contribution in [2.75, 3.05) is 38.1 Å². The van der Waals surface area contributed by atoms with Crippen molar-refractivity contribution in [3.8, 4) is 0 Å². The van der Waals surface area contributed by atoms with E-state index in [0.717, 1.165) is 50.6 Å². The molecule has 0 spiro atoms. The van der Waals surface area contributed by atoms with Crippen molar-refractivity contribution in [2.45, 2.75) is 46.1 Å². The second-order valence-corrected chi connectivity index (χ2v) is 7.07. The minimum absolute atomic E-state index is 0. The molecule has 1 aliphatic heterocycles. The Morgan fingerprint density at radius 2 is 2.04 bits per heavy atom. The summed E-state index contributed by atoms with van der Waals surface area (Å²) in [4.78, 5) is 19.1. The molecule has 1 saturated heterocycles. The summed E-state index contributed by atoms with van der Waals surface area (Å²) in [7, 11) is 0. The molecule has 1 fully saturated rings. The van der Waals surface area contributed by atoms with E-state index in [2.05, 4.69) is 27.4 Å². The zero-order valence-electron chi connectivity index (χ0n) is 17.0. The Kier molecular flexibility index (Phi) is 11.8. The number of rotatable bonds is 7. The van der Waals surface area contributed by atoms with Crippen LogP contribution >= 0.6 is 35.6 Å². The lowest BCUT2D eigenvalue weighted by molar-refractivity contribution is -0.116. The van der Waals surface area contributed by atoms with Crippen molar-refractivity contribution in [3.63, 3.8) is 0 Å². The highest BCUT2D eigenvalue weighted by Gasteiger charge is 2.21. The van der Waals surface area contributed by atoms with Gasteiger partial charge in [0.1, 0.15) is 0 Å². The normalized spacial score (nSPS) is 15.1. The van der Waals surface area contributed by atoms with E-state index in [9.17, 15) is 4.79 Å². The van der Waals surface area contributed by atoms with Gasteiger partial charge in [0.25, 0.3) is 0 Å². The maximum Gasteiger partial charge on any atom is 0.226 e. The van der Waals surface area contributed by atoms with Crippen molar-refractivity contribution in [2.24, 2.45) is 4.99 Å². The molecule has 0 unspecified atom stereocenters. The largest absolute Gasteiger partial charge is 0.378 e. The number of ether oxygens (including phenoxy) is 1. The summed E-state index contributed by atoms with van der Waals surface area (Å²) >= 11 is 6.17. The Morgan fingerprint density at radius 1 is 1.32 bits per heavy atom. The van der Waals surface area contributed by atoms with Crippen LogP contribution in [-0.4, -0.2) is 55.7 Å². The van der Waals surface area contributed by atoms with Crippen molar-refractivity contribution >= 4 is 53.1 Å². The second kappa shape index (κ2) is 13.2. The van der Waals surface area contributed by atoms with Crippen molar-refractivity contribution in [1.82, 2.24) is 10.2 Å². The number of piperidine rings is 1. The first-order valence-corrected chi connectivity index (χ1v) is 10.1. The summed E-state index contributed by atoms with van der Waals surface area (Å²) < 4.78 is 5.71. The SMILES string of the molecule is CCNC(=NCCC(=O)Nc1ccc(C)cc1Cl)N1CCC(OCC)CC1.I. The lowest BCUT2D eigenvalue weighted by atomic mass is 10.1. The van der Waals surface area contributed by atoms with E-state index in [1.807, 2.05) is 32.0 Å². The number of aryl methyl sites for hydroxylation is 1. The maximum atomic E-state index is 12.2. The van der Waals surface area contributed by atoms with Crippen LogP contribution in [0.15, 0.2) is 23.2 Å². The lowest BCUT2D eigenvalue weighted by Gasteiger charge is -2.34. The predicted molar refractivity (Wildman–Crippen MR) is 127 cm³/mol. The van der Waals surface area contributed by atoms with Crippen molar-refractivity contribution in [1.29, 1.82) is 0 Å². The molecule has 0 radical (unpaired) electrons. The van der Waals surface area contributed by atoms with Gasteiger partial charge in [-0.1, -0.05) is 17.7 Å². The summed E-state index contributed by atoms with van der Waals surface area (Å²) in [6.45, 7) is 9.88. The average Bonchev–Trinajstić information content (AvgIpc) is 2.64. The molecule has 1 aromatic rings. The van der Waals surface area contributed by atoms with Gasteiger partial charge in [0, 0.05) is 32.7 Å². The number of likely N-dealkylation sites (tertiary alicyclic amines) is 1. The first kappa shape index (κ1) is 25.0. The van der Waals surface area contributed by atoms with Crippen molar-refractivity contribution in [3.05, 3.63) is 28.8 Å². The molecule has 8 heteroatoms. The van der Waals surface area contributed by atoms with E-state index in [-0.39, 0.29) is 29.9 Å². The van der Waals surface area contributed by atoms with Gasteiger partial charge in [-0.3, -0.25) is 9.79 Å². The van der Waals surface area contributed by atoms with Crippen LogP contribution in [0, 0.1) is 6.92 Å². The van der Waals surface area contributed by atoms with Gasteiger partial charge in [-0.05, 0) is 51.3 Å². The van der Waals surface area contributed by atoms with Crippen LogP contribution in [0.2, 0.25) is 5.02 Å². The quantitative estimate of drug-likeness (QED) is 0.322. The Hall–Kier alpha value is -1.06. The van der Waals surface area contributed by atoms with Gasteiger partial charge in [-0.15, -0.1) is 24.0 Å². The molecule has 1 aromatic carbocycles. The number of nitrogens with zero attached hydrogens (tertiary/aromatic N) is 2. The zero-order valence-corrected chi connectivity index (χ0v) is 20.0. The summed E-state index contributed by atoms with van der Waals surface area (Å²) in [6, 6.07) is 5.59. The van der Waals surface area contributed by atoms with Gasteiger partial charge >= 0.3 is 0 Å². The Morgan fingerprint density at radius 3 is 2.64 bits per heavy atom. The summed E-state index contributed by atoms with van der Waals surface area (Å²) in [5.74, 6) is 0.782. The number of aliphatic imine (C=N–C) groups is 1. The predicted octanol–water partition coefficient (Wildman–Crippen LogP) is 4.06.